The monoisotopic (exact) mass is 371 g/mol. The van der Waals surface area contributed by atoms with Gasteiger partial charge in [-0.15, -0.1) is 0 Å². The van der Waals surface area contributed by atoms with Gasteiger partial charge in [0.25, 0.3) is 10.2 Å². The van der Waals surface area contributed by atoms with Gasteiger partial charge in [0, 0.05) is 46.3 Å². The average Bonchev–Trinajstić information content (AvgIpc) is 2.89. The maximum atomic E-state index is 12.9. The van der Waals surface area contributed by atoms with E-state index in [2.05, 4.69) is 4.90 Å². The summed E-state index contributed by atoms with van der Waals surface area (Å²) in [5.41, 5.74) is 0. The van der Waals surface area contributed by atoms with Crippen molar-refractivity contribution in [2.24, 2.45) is 5.92 Å². The Morgan fingerprint density at radius 3 is 2.56 bits per heavy atom. The summed E-state index contributed by atoms with van der Waals surface area (Å²) in [5.74, 6) is 0.733. The molecule has 0 aromatic heterocycles. The molecule has 1 aromatic rings. The molecule has 25 heavy (non-hydrogen) atoms. The van der Waals surface area contributed by atoms with Gasteiger partial charge in [0.15, 0.2) is 0 Å². The molecule has 2 atom stereocenters. The highest BCUT2D eigenvalue weighted by Gasteiger charge is 2.39. The zero-order chi connectivity index (χ0) is 18.0. The van der Waals surface area contributed by atoms with Crippen molar-refractivity contribution in [2.75, 3.05) is 46.9 Å². The van der Waals surface area contributed by atoms with Crippen LogP contribution in [0.3, 0.4) is 0 Å². The third-order valence-corrected chi connectivity index (χ3v) is 6.92. The summed E-state index contributed by atoms with van der Waals surface area (Å²) in [7, 11) is -0.207. The van der Waals surface area contributed by atoms with E-state index in [-0.39, 0.29) is 11.9 Å². The molecule has 3 aliphatic heterocycles. The smallest absolute Gasteiger partial charge is 0.281 e. The topological polar surface area (TPSA) is 53.1 Å². The van der Waals surface area contributed by atoms with Gasteiger partial charge < -0.3 is 4.74 Å². The molecule has 6 nitrogen and oxygen atoms in total. The van der Waals surface area contributed by atoms with Crippen LogP contribution in [0.25, 0.3) is 0 Å². The van der Waals surface area contributed by atoms with Crippen LogP contribution in [-0.2, 0) is 10.2 Å². The number of halogens is 1. The number of benzene rings is 1. The Hall–Kier alpha value is -1.22. The Morgan fingerprint density at radius 1 is 1.16 bits per heavy atom. The van der Waals surface area contributed by atoms with Gasteiger partial charge >= 0.3 is 0 Å². The summed E-state index contributed by atoms with van der Waals surface area (Å²) >= 11 is 0. The van der Waals surface area contributed by atoms with E-state index in [1.165, 1.54) is 16.4 Å². The molecule has 0 spiro atoms. The minimum absolute atomic E-state index is 0.227. The predicted molar refractivity (Wildman–Crippen MR) is 94.2 cm³/mol. The first-order chi connectivity index (χ1) is 11.9. The van der Waals surface area contributed by atoms with Crippen LogP contribution < -0.4 is 4.74 Å². The zero-order valence-corrected chi connectivity index (χ0v) is 15.6. The normalized spacial score (nSPS) is 25.3. The van der Waals surface area contributed by atoms with Crippen molar-refractivity contribution in [1.82, 2.24) is 13.5 Å². The number of hydrogen-bond donors (Lipinski definition) is 0. The van der Waals surface area contributed by atoms with Crippen molar-refractivity contribution in [3.63, 3.8) is 0 Å². The molecule has 0 unspecified atom stereocenters. The van der Waals surface area contributed by atoms with Crippen molar-refractivity contribution in [3.05, 3.63) is 30.1 Å². The highest BCUT2D eigenvalue weighted by molar-refractivity contribution is 7.86. The van der Waals surface area contributed by atoms with Crippen LogP contribution >= 0.6 is 0 Å². The van der Waals surface area contributed by atoms with Gasteiger partial charge in [0.2, 0.25) is 0 Å². The van der Waals surface area contributed by atoms with Crippen LogP contribution in [0, 0.1) is 11.7 Å². The van der Waals surface area contributed by atoms with Crippen LogP contribution in [0.4, 0.5) is 4.39 Å². The molecule has 3 fully saturated rings. The fourth-order valence-corrected chi connectivity index (χ4v) is 4.86. The maximum Gasteiger partial charge on any atom is 0.281 e. The Kier molecular flexibility index (Phi) is 5.62. The number of hydrogen-bond acceptors (Lipinski definition) is 4. The Balaban J connectivity index is 1.58. The minimum atomic E-state index is -3.37. The molecule has 0 radical (unpaired) electrons. The molecule has 0 saturated carbocycles. The largest absolute Gasteiger partial charge is 0.492 e. The summed E-state index contributed by atoms with van der Waals surface area (Å²) in [6.45, 7) is 3.28. The van der Waals surface area contributed by atoms with Gasteiger partial charge in [-0.25, -0.2) is 4.39 Å². The lowest BCUT2D eigenvalue weighted by Crippen LogP contribution is -2.47. The van der Waals surface area contributed by atoms with E-state index < -0.39 is 10.2 Å². The van der Waals surface area contributed by atoms with Crippen LogP contribution in [0.15, 0.2) is 24.3 Å². The summed E-state index contributed by atoms with van der Waals surface area (Å²) in [6.07, 6.45) is 2.08. The number of nitrogens with zero attached hydrogens (tertiary/aromatic N) is 3. The number of ether oxygens (including phenoxy) is 1. The molecular weight excluding hydrogens is 345 g/mol. The quantitative estimate of drug-likeness (QED) is 0.759. The van der Waals surface area contributed by atoms with Gasteiger partial charge in [-0.2, -0.15) is 17.0 Å². The van der Waals surface area contributed by atoms with E-state index in [1.807, 2.05) is 0 Å². The molecule has 0 amide bonds. The SMILES string of the molecule is CN(C)S(=O)(=O)N1C[C@H]2CC[C@@H](C1)N(CCOc1ccc(F)cc1)C2. The first-order valence-electron chi connectivity index (χ1n) is 8.66. The van der Waals surface area contributed by atoms with Crippen molar-refractivity contribution in [2.45, 2.75) is 18.9 Å². The Bertz CT molecular complexity index is 681. The lowest BCUT2D eigenvalue weighted by molar-refractivity contribution is 0.111. The minimum Gasteiger partial charge on any atom is -0.492 e. The van der Waals surface area contributed by atoms with Crippen LogP contribution in [0.1, 0.15) is 12.8 Å². The molecule has 4 rings (SSSR count). The highest BCUT2D eigenvalue weighted by Crippen LogP contribution is 2.29. The second-order valence-corrected chi connectivity index (χ2v) is 9.14. The second-order valence-electron chi connectivity index (χ2n) is 7.00. The summed E-state index contributed by atoms with van der Waals surface area (Å²) in [4.78, 5) is 2.34. The zero-order valence-electron chi connectivity index (χ0n) is 14.8. The van der Waals surface area contributed by atoms with E-state index in [1.54, 1.807) is 30.5 Å². The van der Waals surface area contributed by atoms with Gasteiger partial charge in [-0.3, -0.25) is 4.90 Å². The van der Waals surface area contributed by atoms with Crippen molar-refractivity contribution < 1.29 is 17.5 Å². The van der Waals surface area contributed by atoms with Gasteiger partial charge in [-0.1, -0.05) is 0 Å². The molecule has 8 heteroatoms. The van der Waals surface area contributed by atoms with Crippen molar-refractivity contribution >= 4 is 10.2 Å². The van der Waals surface area contributed by atoms with Gasteiger partial charge in [0.1, 0.15) is 18.2 Å². The molecular formula is C17H26FN3O3S. The van der Waals surface area contributed by atoms with Gasteiger partial charge in [-0.05, 0) is 43.0 Å². The number of rotatable bonds is 6. The van der Waals surface area contributed by atoms with E-state index in [4.69, 9.17) is 4.74 Å². The highest BCUT2D eigenvalue weighted by atomic mass is 32.2. The summed E-state index contributed by atoms with van der Waals surface area (Å²) < 4.78 is 46.5. The molecule has 0 N–H and O–H groups in total. The fraction of sp³-hybridized carbons (Fsp3) is 0.647. The number of fused-ring (bicyclic) bond motifs is 4. The predicted octanol–water partition coefficient (Wildman–Crippen LogP) is 1.41. The summed E-state index contributed by atoms with van der Waals surface area (Å²) in [6, 6.07) is 6.23. The molecule has 3 saturated heterocycles. The molecule has 1 aromatic carbocycles. The first-order valence-corrected chi connectivity index (χ1v) is 10.1. The third kappa shape index (κ3) is 4.31. The fourth-order valence-electron chi connectivity index (χ4n) is 3.64. The van der Waals surface area contributed by atoms with E-state index in [9.17, 15) is 12.8 Å². The maximum absolute atomic E-state index is 12.9. The Labute approximate surface area is 149 Å². The molecule has 0 aliphatic carbocycles. The molecule has 3 heterocycles. The van der Waals surface area contributed by atoms with Crippen molar-refractivity contribution in [1.29, 1.82) is 0 Å². The van der Waals surface area contributed by atoms with E-state index >= 15 is 0 Å². The molecule has 140 valence electrons. The standard InChI is InChI=1S/C17H26FN3O3S/c1-19(2)25(22,23)21-12-14-3-6-16(13-21)20(11-14)9-10-24-17-7-4-15(18)5-8-17/h4-5,7-8,14,16H,3,6,9-13H2,1-2H3/t14-,16-/m0/s1. The van der Waals surface area contributed by atoms with Crippen LogP contribution in [0.5, 0.6) is 5.75 Å². The van der Waals surface area contributed by atoms with E-state index in [0.717, 1.165) is 25.9 Å². The van der Waals surface area contributed by atoms with Crippen LogP contribution in [0.2, 0.25) is 0 Å². The van der Waals surface area contributed by atoms with Crippen LogP contribution in [-0.4, -0.2) is 74.9 Å². The summed E-state index contributed by atoms with van der Waals surface area (Å²) in [5, 5.41) is 0. The van der Waals surface area contributed by atoms with Gasteiger partial charge in [0.05, 0.1) is 0 Å². The van der Waals surface area contributed by atoms with Crippen molar-refractivity contribution in [3.8, 4) is 5.75 Å². The molecule has 3 aliphatic rings. The third-order valence-electron chi connectivity index (χ3n) is 5.04. The molecule has 2 bridgehead atoms. The first kappa shape index (κ1) is 18.6. The lowest BCUT2D eigenvalue weighted by Gasteiger charge is -2.35. The second kappa shape index (κ2) is 7.57. The Morgan fingerprint density at radius 2 is 1.88 bits per heavy atom. The van der Waals surface area contributed by atoms with E-state index in [0.29, 0.717) is 31.4 Å². The average molecular weight is 371 g/mol. The number of piperidine rings is 1. The lowest BCUT2D eigenvalue weighted by atomic mass is 9.95.